The van der Waals surface area contributed by atoms with Crippen molar-refractivity contribution in [2.45, 2.75) is 117 Å². The van der Waals surface area contributed by atoms with E-state index >= 15 is 0 Å². The van der Waals surface area contributed by atoms with E-state index in [1.807, 2.05) is 0 Å². The molecule has 1 nitrogen and oxygen atoms in total. The summed E-state index contributed by atoms with van der Waals surface area (Å²) < 4.78 is 0. The minimum Gasteiger partial charge on any atom is -0.384 e. The van der Waals surface area contributed by atoms with Crippen LogP contribution >= 0.6 is 0 Å². The molecule has 1 heteroatoms. The first-order valence-corrected chi connectivity index (χ1v) is 11.5. The van der Waals surface area contributed by atoms with Gasteiger partial charge >= 0.3 is 0 Å². The zero-order chi connectivity index (χ0) is 19.8. The van der Waals surface area contributed by atoms with Crippen molar-refractivity contribution in [3.63, 3.8) is 0 Å². The third kappa shape index (κ3) is 24.8. The molecule has 1 N–H and O–H groups in total. The zero-order valence-electron chi connectivity index (χ0n) is 18.2. The van der Waals surface area contributed by atoms with Crippen LogP contribution in [0.2, 0.25) is 0 Å². The van der Waals surface area contributed by atoms with Crippen LogP contribution in [0.25, 0.3) is 0 Å². The molecule has 0 aliphatic rings. The molecule has 0 aromatic rings. The highest BCUT2D eigenvalue weighted by Crippen LogP contribution is 2.12. The number of aliphatic hydroxyl groups is 1. The Labute approximate surface area is 170 Å². The number of aliphatic hydroxyl groups excluding tert-OH is 1. The van der Waals surface area contributed by atoms with Gasteiger partial charge in [-0.3, -0.25) is 0 Å². The first kappa shape index (κ1) is 25.8. The van der Waals surface area contributed by atoms with Gasteiger partial charge < -0.3 is 5.11 Å². The lowest BCUT2D eigenvalue weighted by molar-refractivity contribution is 0.350. The average molecular weight is 373 g/mol. The zero-order valence-corrected chi connectivity index (χ0v) is 18.2. The molecule has 0 atom stereocenters. The second kappa shape index (κ2) is 22.9. The summed E-state index contributed by atoms with van der Waals surface area (Å²) in [6.07, 6.45) is 26.0. The molecular formula is C26H44O. The molecule has 0 aromatic carbocycles. The van der Waals surface area contributed by atoms with Crippen LogP contribution in [-0.2, 0) is 0 Å². The summed E-state index contributed by atoms with van der Waals surface area (Å²) in [6.45, 7) is 4.55. The van der Waals surface area contributed by atoms with Gasteiger partial charge in [0.05, 0.1) is 0 Å². The molecule has 27 heavy (non-hydrogen) atoms. The smallest absolute Gasteiger partial charge is 0.105 e. The fourth-order valence-corrected chi connectivity index (χ4v) is 3.13. The maximum absolute atomic E-state index is 8.49. The molecule has 0 aromatic heterocycles. The van der Waals surface area contributed by atoms with Gasteiger partial charge in [-0.25, -0.2) is 0 Å². The average Bonchev–Trinajstić information content (AvgIpc) is 2.65. The normalized spacial score (nSPS) is 10.7. The Bertz CT molecular complexity index is 438. The number of unbranched alkanes of at least 4 members (excludes halogenated alkanes) is 13. The van der Waals surface area contributed by atoms with Gasteiger partial charge in [0, 0.05) is 6.42 Å². The quantitative estimate of drug-likeness (QED) is 0.160. The van der Waals surface area contributed by atoms with Crippen molar-refractivity contribution < 1.29 is 5.11 Å². The first-order chi connectivity index (χ1) is 13.3. The van der Waals surface area contributed by atoms with E-state index in [0.29, 0.717) is 0 Å². The molecule has 0 heterocycles. The van der Waals surface area contributed by atoms with Crippen molar-refractivity contribution in [2.75, 3.05) is 6.61 Å². The molecule has 0 aliphatic carbocycles. The number of rotatable bonds is 17. The second-order valence-electron chi connectivity index (χ2n) is 7.99. The van der Waals surface area contributed by atoms with Crippen molar-refractivity contribution >= 4 is 0 Å². The highest BCUT2D eigenvalue weighted by atomic mass is 16.2. The monoisotopic (exact) mass is 372 g/mol. The number of allylic oxidation sites excluding steroid dienone is 2. The van der Waals surface area contributed by atoms with Gasteiger partial charge in [0.15, 0.2) is 0 Å². The molecule has 0 fully saturated rings. The third-order valence-electron chi connectivity index (χ3n) is 4.81. The number of hydrogen-bond acceptors (Lipinski definition) is 1. The Morgan fingerprint density at radius 2 is 1.11 bits per heavy atom. The van der Waals surface area contributed by atoms with E-state index in [4.69, 9.17) is 5.11 Å². The van der Waals surface area contributed by atoms with Crippen molar-refractivity contribution in [1.82, 2.24) is 0 Å². The Balaban J connectivity index is 3.16. The molecule has 0 radical (unpaired) electrons. The van der Waals surface area contributed by atoms with Gasteiger partial charge in [0.2, 0.25) is 0 Å². The van der Waals surface area contributed by atoms with Crippen LogP contribution in [0.5, 0.6) is 0 Å². The summed E-state index contributed by atoms with van der Waals surface area (Å²) in [5.41, 5.74) is 0. The van der Waals surface area contributed by atoms with Crippen LogP contribution in [0.4, 0.5) is 0 Å². The van der Waals surface area contributed by atoms with Crippen molar-refractivity contribution in [1.29, 1.82) is 0 Å². The van der Waals surface area contributed by atoms with Gasteiger partial charge in [0.1, 0.15) is 6.61 Å². The third-order valence-corrected chi connectivity index (χ3v) is 4.81. The van der Waals surface area contributed by atoms with Crippen LogP contribution in [0.1, 0.15) is 117 Å². The number of hydrogen-bond donors (Lipinski definition) is 1. The lowest BCUT2D eigenvalue weighted by Gasteiger charge is -2.03. The van der Waals surface area contributed by atoms with Gasteiger partial charge in [-0.05, 0) is 49.9 Å². The summed E-state index contributed by atoms with van der Waals surface area (Å²) in [6, 6.07) is 0. The molecule has 0 bridgehead atoms. The fraction of sp³-hybridized carbons (Fsp3) is 0.769. The molecule has 154 valence electrons. The van der Waals surface area contributed by atoms with Crippen LogP contribution in [0.15, 0.2) is 12.2 Å². The second-order valence-corrected chi connectivity index (χ2v) is 7.99. The largest absolute Gasteiger partial charge is 0.384 e. The van der Waals surface area contributed by atoms with E-state index in [1.165, 1.54) is 96.3 Å². The minimum absolute atomic E-state index is 0.0936. The predicted octanol–water partition coefficient (Wildman–Crippen LogP) is 7.44. The molecule has 0 aliphatic heterocycles. The van der Waals surface area contributed by atoms with Crippen molar-refractivity contribution in [2.24, 2.45) is 5.92 Å². The Hall–Kier alpha value is -1.18. The van der Waals surface area contributed by atoms with Gasteiger partial charge in [-0.2, -0.15) is 0 Å². The summed E-state index contributed by atoms with van der Waals surface area (Å²) in [4.78, 5) is 0. The van der Waals surface area contributed by atoms with E-state index in [9.17, 15) is 0 Å². The molecule has 0 amide bonds. The summed E-state index contributed by atoms with van der Waals surface area (Å²) in [5.74, 6) is 11.8. The van der Waals surface area contributed by atoms with Crippen LogP contribution < -0.4 is 0 Å². The lowest BCUT2D eigenvalue weighted by atomic mass is 10.0. The SMILES string of the molecule is CC(C)CCCCCC/C=C\CCCCCCCCCCC#CC#CCO. The Morgan fingerprint density at radius 3 is 1.67 bits per heavy atom. The molecule has 0 spiro atoms. The van der Waals surface area contributed by atoms with Crippen LogP contribution in [-0.4, -0.2) is 11.7 Å². The van der Waals surface area contributed by atoms with Gasteiger partial charge in [0.25, 0.3) is 0 Å². The maximum Gasteiger partial charge on any atom is 0.105 e. The summed E-state index contributed by atoms with van der Waals surface area (Å²) in [7, 11) is 0. The Kier molecular flexibility index (Phi) is 21.9. The van der Waals surface area contributed by atoms with Gasteiger partial charge in [-0.1, -0.05) is 102 Å². The standard InChI is InChI=1S/C26H44O/c1-26(2)24-22-20-18-16-14-12-10-8-6-4-3-5-7-9-11-13-15-17-19-21-23-25-27/h10,12,26-27H,3-9,11,13-16,18,20,22,24-25H2,1-2H3/b12-10-. The van der Waals surface area contributed by atoms with E-state index in [0.717, 1.165) is 12.3 Å². The van der Waals surface area contributed by atoms with E-state index in [2.05, 4.69) is 49.7 Å². The topological polar surface area (TPSA) is 20.2 Å². The predicted molar refractivity (Wildman–Crippen MR) is 120 cm³/mol. The van der Waals surface area contributed by atoms with Crippen LogP contribution in [0.3, 0.4) is 0 Å². The molecule has 0 saturated carbocycles. The van der Waals surface area contributed by atoms with E-state index < -0.39 is 0 Å². The highest BCUT2D eigenvalue weighted by Gasteiger charge is 1.94. The molecule has 0 rings (SSSR count). The van der Waals surface area contributed by atoms with Crippen molar-refractivity contribution in [3.8, 4) is 23.7 Å². The van der Waals surface area contributed by atoms with Gasteiger partial charge in [-0.15, -0.1) is 0 Å². The van der Waals surface area contributed by atoms with E-state index in [-0.39, 0.29) is 6.61 Å². The summed E-state index contributed by atoms with van der Waals surface area (Å²) in [5, 5.41) is 8.49. The summed E-state index contributed by atoms with van der Waals surface area (Å²) >= 11 is 0. The molecule has 0 unspecified atom stereocenters. The first-order valence-electron chi connectivity index (χ1n) is 11.5. The molecular weight excluding hydrogens is 328 g/mol. The van der Waals surface area contributed by atoms with Crippen molar-refractivity contribution in [3.05, 3.63) is 12.2 Å². The van der Waals surface area contributed by atoms with E-state index in [1.54, 1.807) is 0 Å². The fourth-order valence-electron chi connectivity index (χ4n) is 3.13. The van der Waals surface area contributed by atoms with Crippen LogP contribution in [0, 0.1) is 29.6 Å². The molecule has 0 saturated heterocycles. The highest BCUT2D eigenvalue weighted by molar-refractivity contribution is 5.25. The minimum atomic E-state index is -0.0936. The maximum atomic E-state index is 8.49. The Morgan fingerprint density at radius 1 is 0.630 bits per heavy atom. The lowest BCUT2D eigenvalue weighted by Crippen LogP contribution is -1.86.